The zero-order valence-corrected chi connectivity index (χ0v) is 18.0. The van der Waals surface area contributed by atoms with Crippen molar-refractivity contribution in [2.45, 2.75) is 63.4 Å². The number of nitrogens with two attached hydrogens (primary N) is 2. The van der Waals surface area contributed by atoms with Crippen LogP contribution < -0.4 is 27.4 Å². The molecule has 0 aromatic rings. The Morgan fingerprint density at radius 1 is 0.933 bits per heavy atom. The number of nitrogens with one attached hydrogen (secondary N) is 3. The van der Waals surface area contributed by atoms with Crippen molar-refractivity contribution >= 4 is 41.4 Å². The zero-order valence-electron chi connectivity index (χ0n) is 17.2. The number of hydrogen-bond acceptors (Lipinski definition) is 8. The van der Waals surface area contributed by atoms with Crippen LogP contribution in [0.3, 0.4) is 0 Å². The van der Waals surface area contributed by atoms with Crippen molar-refractivity contribution in [3.63, 3.8) is 0 Å². The molecule has 0 aliphatic heterocycles. The molecule has 30 heavy (non-hydrogen) atoms. The summed E-state index contributed by atoms with van der Waals surface area (Å²) in [5, 5.41) is 25.7. The molecule has 172 valence electrons. The molecule has 13 heteroatoms. The quantitative estimate of drug-likeness (QED) is 0.146. The van der Waals surface area contributed by atoms with Crippen LogP contribution >= 0.6 is 11.8 Å². The molecule has 9 N–H and O–H groups in total. The highest BCUT2D eigenvalue weighted by Gasteiger charge is 2.31. The number of primary amides is 1. The molecule has 0 radical (unpaired) electrons. The van der Waals surface area contributed by atoms with Crippen LogP contribution in [0, 0.1) is 0 Å². The van der Waals surface area contributed by atoms with E-state index < -0.39 is 59.9 Å². The standard InChI is InChI=1S/C17H31N5O7S/c1-8(18)14(25)20-10(4-5-12(19)24)15(26)21-11(6-7-30-3)16(27)22-13(9(2)23)17(28)29/h8-11,13,23H,4-7,18H2,1-3H3,(H2,19,24)(H,20,25)(H,21,26)(H,22,27)(H,28,29). The molecule has 0 spiro atoms. The van der Waals surface area contributed by atoms with Gasteiger partial charge in [-0.25, -0.2) is 4.79 Å². The van der Waals surface area contributed by atoms with Crippen molar-refractivity contribution in [1.29, 1.82) is 0 Å². The van der Waals surface area contributed by atoms with E-state index in [2.05, 4.69) is 16.0 Å². The van der Waals surface area contributed by atoms with Gasteiger partial charge >= 0.3 is 5.97 Å². The maximum absolute atomic E-state index is 12.7. The molecule has 0 bridgehead atoms. The highest BCUT2D eigenvalue weighted by atomic mass is 32.2. The lowest BCUT2D eigenvalue weighted by atomic mass is 10.1. The van der Waals surface area contributed by atoms with E-state index in [-0.39, 0.29) is 19.3 Å². The average Bonchev–Trinajstić information content (AvgIpc) is 2.64. The van der Waals surface area contributed by atoms with Gasteiger partial charge in [0.1, 0.15) is 12.1 Å². The van der Waals surface area contributed by atoms with Gasteiger partial charge in [-0.15, -0.1) is 0 Å². The highest BCUT2D eigenvalue weighted by molar-refractivity contribution is 7.98. The second kappa shape index (κ2) is 13.8. The second-order valence-electron chi connectivity index (χ2n) is 6.76. The molecule has 0 aliphatic rings. The van der Waals surface area contributed by atoms with Crippen LogP contribution in [0.15, 0.2) is 0 Å². The third-order valence-electron chi connectivity index (χ3n) is 4.02. The van der Waals surface area contributed by atoms with Gasteiger partial charge in [0.25, 0.3) is 0 Å². The van der Waals surface area contributed by atoms with Gasteiger partial charge in [0.15, 0.2) is 6.04 Å². The summed E-state index contributed by atoms with van der Waals surface area (Å²) in [6, 6.07) is -4.78. The number of thioether (sulfide) groups is 1. The lowest BCUT2D eigenvalue weighted by molar-refractivity contribution is -0.145. The van der Waals surface area contributed by atoms with Gasteiger partial charge in [-0.2, -0.15) is 11.8 Å². The summed E-state index contributed by atoms with van der Waals surface area (Å²) in [5.74, 6) is -3.85. The first-order chi connectivity index (χ1) is 13.9. The van der Waals surface area contributed by atoms with E-state index in [9.17, 15) is 29.1 Å². The number of carbonyl (C=O) groups excluding carboxylic acids is 4. The van der Waals surface area contributed by atoms with Crippen molar-refractivity contribution in [3.8, 4) is 0 Å². The smallest absolute Gasteiger partial charge is 0.328 e. The normalized spacial score (nSPS) is 15.8. The van der Waals surface area contributed by atoms with Crippen LogP contribution in [0.5, 0.6) is 0 Å². The Labute approximate surface area is 178 Å². The topological polar surface area (TPSA) is 214 Å². The number of aliphatic carboxylic acids is 1. The number of hydrogen-bond donors (Lipinski definition) is 7. The predicted octanol–water partition coefficient (Wildman–Crippen LogP) is -2.73. The first kappa shape index (κ1) is 27.6. The van der Waals surface area contributed by atoms with E-state index >= 15 is 0 Å². The Hall–Kier alpha value is -2.38. The van der Waals surface area contributed by atoms with Crippen LogP contribution in [-0.2, 0) is 24.0 Å². The number of aliphatic hydroxyl groups is 1. The summed E-state index contributed by atoms with van der Waals surface area (Å²) in [6.45, 7) is 2.62. The number of carbonyl (C=O) groups is 5. The van der Waals surface area contributed by atoms with Crippen LogP contribution in [0.2, 0.25) is 0 Å². The minimum absolute atomic E-state index is 0.109. The molecule has 5 atom stereocenters. The lowest BCUT2D eigenvalue weighted by Gasteiger charge is -2.25. The summed E-state index contributed by atoms with van der Waals surface area (Å²) < 4.78 is 0. The molecule has 0 fully saturated rings. The van der Waals surface area contributed by atoms with Crippen LogP contribution in [0.1, 0.15) is 33.1 Å². The van der Waals surface area contributed by atoms with Gasteiger partial charge in [-0.1, -0.05) is 0 Å². The third kappa shape index (κ3) is 10.4. The number of aliphatic hydroxyl groups excluding tert-OH is 1. The zero-order chi connectivity index (χ0) is 23.4. The van der Waals surface area contributed by atoms with E-state index in [4.69, 9.17) is 16.6 Å². The Kier molecular flexibility index (Phi) is 12.7. The number of carboxylic acids is 1. The Bertz CT molecular complexity index is 630. The van der Waals surface area contributed by atoms with Crippen LogP contribution in [0.4, 0.5) is 0 Å². The minimum Gasteiger partial charge on any atom is -0.480 e. The van der Waals surface area contributed by atoms with E-state index in [1.807, 2.05) is 0 Å². The van der Waals surface area contributed by atoms with Gasteiger partial charge in [-0.05, 0) is 38.7 Å². The second-order valence-corrected chi connectivity index (χ2v) is 7.75. The van der Waals surface area contributed by atoms with Gasteiger partial charge in [0, 0.05) is 6.42 Å². The fraction of sp³-hybridized carbons (Fsp3) is 0.706. The predicted molar refractivity (Wildman–Crippen MR) is 110 cm³/mol. The van der Waals surface area contributed by atoms with Crippen molar-refractivity contribution in [3.05, 3.63) is 0 Å². The first-order valence-corrected chi connectivity index (χ1v) is 10.6. The van der Waals surface area contributed by atoms with Crippen LogP contribution in [-0.4, -0.2) is 82.1 Å². The van der Waals surface area contributed by atoms with Crippen molar-refractivity contribution < 1.29 is 34.2 Å². The third-order valence-corrected chi connectivity index (χ3v) is 4.66. The minimum atomic E-state index is -1.56. The SMILES string of the molecule is CSCCC(NC(=O)C(CCC(N)=O)NC(=O)C(C)N)C(=O)NC(C(=O)O)C(C)O. The van der Waals surface area contributed by atoms with E-state index in [0.29, 0.717) is 5.75 Å². The average molecular weight is 450 g/mol. The molecule has 5 unspecified atom stereocenters. The molecular formula is C17H31N5O7S. The summed E-state index contributed by atoms with van der Waals surface area (Å²) in [4.78, 5) is 59.4. The van der Waals surface area contributed by atoms with Gasteiger partial charge < -0.3 is 37.6 Å². The van der Waals surface area contributed by atoms with E-state index in [0.717, 1.165) is 0 Å². The fourth-order valence-corrected chi connectivity index (χ4v) is 2.75. The molecule has 0 aromatic carbocycles. The largest absolute Gasteiger partial charge is 0.480 e. The summed E-state index contributed by atoms with van der Waals surface area (Å²) in [5.41, 5.74) is 10.6. The van der Waals surface area contributed by atoms with Gasteiger partial charge in [0.05, 0.1) is 12.1 Å². The maximum Gasteiger partial charge on any atom is 0.328 e. The Morgan fingerprint density at radius 2 is 1.43 bits per heavy atom. The molecule has 0 aliphatic carbocycles. The van der Waals surface area contributed by atoms with Crippen molar-refractivity contribution in [1.82, 2.24) is 16.0 Å². The first-order valence-electron chi connectivity index (χ1n) is 9.25. The molecule has 0 aromatic heterocycles. The summed E-state index contributed by atoms with van der Waals surface area (Å²) in [7, 11) is 0. The maximum atomic E-state index is 12.7. The molecular weight excluding hydrogens is 418 g/mol. The Balaban J connectivity index is 5.41. The fourth-order valence-electron chi connectivity index (χ4n) is 2.28. The van der Waals surface area contributed by atoms with E-state index in [1.165, 1.54) is 25.6 Å². The molecule has 0 rings (SSSR count). The molecule has 0 saturated heterocycles. The molecule has 0 saturated carbocycles. The highest BCUT2D eigenvalue weighted by Crippen LogP contribution is 2.05. The van der Waals surface area contributed by atoms with Crippen molar-refractivity contribution in [2.24, 2.45) is 11.5 Å². The molecule has 0 heterocycles. The van der Waals surface area contributed by atoms with Gasteiger partial charge in [-0.3, -0.25) is 19.2 Å². The number of carboxylic acid groups (broad SMARTS) is 1. The monoisotopic (exact) mass is 449 g/mol. The summed E-state index contributed by atoms with van der Waals surface area (Å²) >= 11 is 1.40. The van der Waals surface area contributed by atoms with Gasteiger partial charge in [0.2, 0.25) is 23.6 Å². The van der Waals surface area contributed by atoms with Crippen LogP contribution in [0.25, 0.3) is 0 Å². The number of rotatable bonds is 14. The lowest BCUT2D eigenvalue weighted by Crippen LogP contribution is -2.58. The van der Waals surface area contributed by atoms with Crippen molar-refractivity contribution in [2.75, 3.05) is 12.0 Å². The summed E-state index contributed by atoms with van der Waals surface area (Å²) in [6.07, 6.45) is 0.279. The molecule has 4 amide bonds. The molecule has 12 nitrogen and oxygen atoms in total. The van der Waals surface area contributed by atoms with E-state index in [1.54, 1.807) is 6.26 Å². The Morgan fingerprint density at radius 3 is 1.87 bits per heavy atom. The number of amides is 4.